The number of esters is 1. The van der Waals surface area contributed by atoms with E-state index >= 15 is 0 Å². The fourth-order valence-corrected chi connectivity index (χ4v) is 5.34. The van der Waals surface area contributed by atoms with E-state index in [1.165, 1.54) is 17.8 Å². The van der Waals surface area contributed by atoms with Gasteiger partial charge in [0.25, 0.3) is 0 Å². The molecule has 0 spiro atoms. The molecule has 0 radical (unpaired) electrons. The molecule has 3 unspecified atom stereocenters. The molecule has 3 rings (SSSR count). The van der Waals surface area contributed by atoms with E-state index in [4.69, 9.17) is 34.5 Å². The third-order valence-electron chi connectivity index (χ3n) is 5.92. The Morgan fingerprint density at radius 3 is 2.73 bits per heavy atom. The molecule has 1 fully saturated rings. The molecule has 17 nitrogen and oxygen atoms in total. The maximum atomic E-state index is 13.3. The average Bonchev–Trinajstić information content (AvgIpc) is 3.28. The molecule has 5 atom stereocenters. The lowest BCUT2D eigenvalue weighted by molar-refractivity contribution is -0.146. The predicted molar refractivity (Wildman–Crippen MR) is 139 cm³/mol. The molecule has 7 N–H and O–H groups in total. The number of carbonyl (C=O) groups is 2. The van der Waals surface area contributed by atoms with E-state index in [0.29, 0.717) is 0 Å². The van der Waals surface area contributed by atoms with Gasteiger partial charge in [-0.15, -0.1) is 0 Å². The monoisotopic (exact) mass is 589 g/mol. The number of aliphatic hydroxyl groups is 2. The fourth-order valence-electron chi connectivity index (χ4n) is 3.68. The van der Waals surface area contributed by atoms with Crippen LogP contribution in [-0.4, -0.2) is 92.4 Å². The van der Waals surface area contributed by atoms with Gasteiger partial charge in [0.1, 0.15) is 24.5 Å². The minimum atomic E-state index is -4.32. The van der Waals surface area contributed by atoms with Crippen LogP contribution >= 0.6 is 7.82 Å². The number of phosphoric acid groups is 1. The van der Waals surface area contributed by atoms with Crippen LogP contribution in [0, 0.1) is 5.41 Å². The average molecular weight is 590 g/mol. The summed E-state index contributed by atoms with van der Waals surface area (Å²) in [6.07, 6.45) is -3.90. The summed E-state index contributed by atoms with van der Waals surface area (Å²) in [6, 6.07) is 0. The van der Waals surface area contributed by atoms with Crippen molar-refractivity contribution in [3.05, 3.63) is 6.33 Å². The molecule has 1 aliphatic heterocycles. The quantitative estimate of drug-likeness (QED) is 0.149. The molecular weight excluding hydrogens is 553 g/mol. The van der Waals surface area contributed by atoms with Crippen molar-refractivity contribution < 1.29 is 47.4 Å². The molecule has 2 aromatic heterocycles. The molecule has 1 aliphatic rings. The summed E-state index contributed by atoms with van der Waals surface area (Å²) >= 11 is 0. The molecule has 1 saturated heterocycles. The van der Waals surface area contributed by atoms with Crippen LogP contribution in [0.1, 0.15) is 34.1 Å². The number of nitrogens with two attached hydrogens (primary N) is 2. The summed E-state index contributed by atoms with van der Waals surface area (Å²) in [6.45, 7) is 5.60. The number of imidazole rings is 1. The Bertz CT molecular complexity index is 1240. The Balaban J connectivity index is 1.66. The first kappa shape index (κ1) is 31.6. The number of nitrogens with zero attached hydrogens (tertiary/aromatic N) is 4. The van der Waals surface area contributed by atoms with Gasteiger partial charge < -0.3 is 36.5 Å². The largest absolute Gasteiger partial charge is 0.475 e. The second kappa shape index (κ2) is 13.2. The number of nitrogens with one attached hydrogen (secondary N) is 1. The molecule has 0 aliphatic carbocycles. The van der Waals surface area contributed by atoms with Crippen LogP contribution in [0.2, 0.25) is 0 Å². The highest BCUT2D eigenvalue weighted by Gasteiger charge is 2.49. The van der Waals surface area contributed by atoms with E-state index in [1.54, 1.807) is 20.8 Å². The Kier molecular flexibility index (Phi) is 10.4. The van der Waals surface area contributed by atoms with Crippen molar-refractivity contribution >= 4 is 42.6 Å². The third kappa shape index (κ3) is 7.84. The third-order valence-corrected chi connectivity index (χ3v) is 7.30. The van der Waals surface area contributed by atoms with Gasteiger partial charge in [0.05, 0.1) is 38.7 Å². The number of phosphoric ester groups is 1. The Morgan fingerprint density at radius 1 is 1.32 bits per heavy atom. The van der Waals surface area contributed by atoms with Gasteiger partial charge in [-0.2, -0.15) is 9.97 Å². The van der Waals surface area contributed by atoms with Crippen LogP contribution < -0.4 is 16.8 Å². The Hall–Kier alpha value is -2.92. The normalized spacial score (nSPS) is 22.9. The zero-order chi connectivity index (χ0) is 29.7. The van der Waals surface area contributed by atoms with Crippen molar-refractivity contribution in [2.45, 2.75) is 65.3 Å². The van der Waals surface area contributed by atoms with Crippen LogP contribution in [0.4, 0.5) is 11.8 Å². The first-order chi connectivity index (χ1) is 18.8. The zero-order valence-electron chi connectivity index (χ0n) is 22.7. The van der Waals surface area contributed by atoms with Crippen LogP contribution in [0.15, 0.2) is 6.33 Å². The van der Waals surface area contributed by atoms with Gasteiger partial charge in [0, 0.05) is 12.0 Å². The summed E-state index contributed by atoms with van der Waals surface area (Å²) in [5.41, 5.74) is 11.1. The lowest BCUT2D eigenvalue weighted by atomic mass is 9.87. The molecule has 0 bridgehead atoms. The molecular formula is C22H36N7O10P. The highest BCUT2D eigenvalue weighted by atomic mass is 31.2. The number of aliphatic hydroxyl groups excluding tert-OH is 2. The van der Waals surface area contributed by atoms with E-state index in [1.807, 2.05) is 0 Å². The maximum Gasteiger partial charge on any atom is 0.475 e. The number of fused-ring (bicyclic) bond motifs is 1. The van der Waals surface area contributed by atoms with Gasteiger partial charge in [-0.3, -0.25) is 27.7 Å². The van der Waals surface area contributed by atoms with Crippen molar-refractivity contribution in [2.75, 3.05) is 37.8 Å². The topological polar surface area (TPSA) is 245 Å². The van der Waals surface area contributed by atoms with Crippen LogP contribution in [0.5, 0.6) is 0 Å². The summed E-state index contributed by atoms with van der Waals surface area (Å²) in [4.78, 5) is 36.4. The number of hydrogen-bond acceptors (Lipinski definition) is 15. The number of amides is 1. The number of anilines is 2. The molecule has 224 valence electrons. The van der Waals surface area contributed by atoms with E-state index < -0.39 is 56.1 Å². The lowest BCUT2D eigenvalue weighted by Crippen LogP contribution is -2.50. The molecule has 1 amide bonds. The number of ether oxygens (including phenoxy) is 2. The summed E-state index contributed by atoms with van der Waals surface area (Å²) < 4.78 is 41.6. The molecule has 3 heterocycles. The molecule has 18 heteroatoms. The van der Waals surface area contributed by atoms with Gasteiger partial charge in [-0.05, 0) is 13.8 Å². The van der Waals surface area contributed by atoms with Crippen LogP contribution in [0.25, 0.3) is 11.2 Å². The van der Waals surface area contributed by atoms with E-state index in [0.717, 1.165) is 0 Å². The van der Waals surface area contributed by atoms with Crippen molar-refractivity contribution in [1.29, 1.82) is 0 Å². The van der Waals surface area contributed by atoms with Crippen molar-refractivity contribution in [3.8, 4) is 0 Å². The molecule has 40 heavy (non-hydrogen) atoms. The van der Waals surface area contributed by atoms with Crippen LogP contribution in [0.3, 0.4) is 0 Å². The molecule has 0 aromatic carbocycles. The summed E-state index contributed by atoms with van der Waals surface area (Å²) in [5, 5.41) is 23.0. The minimum absolute atomic E-state index is 0.0126. The summed E-state index contributed by atoms with van der Waals surface area (Å²) in [7, 11) is -4.32. The molecule has 2 aromatic rings. The SMILES string of the molecule is CCOC(=O)CCNC(=O)[C@@H]1OP(=O)(OC[C@@H](OCn2cnc3c(N)nc(N)nc32)C(O)C(C)O)OCC1(C)C. The number of hydrogen-bond donors (Lipinski definition) is 5. The minimum Gasteiger partial charge on any atom is -0.466 e. The van der Waals surface area contributed by atoms with E-state index in [-0.39, 0.29) is 55.8 Å². The Morgan fingerprint density at radius 2 is 2.05 bits per heavy atom. The van der Waals surface area contributed by atoms with Gasteiger partial charge in [-0.1, -0.05) is 13.8 Å². The first-order valence-corrected chi connectivity index (χ1v) is 13.9. The number of rotatable bonds is 13. The summed E-state index contributed by atoms with van der Waals surface area (Å²) in [5.74, 6) is -1.11. The lowest BCUT2D eigenvalue weighted by Gasteiger charge is -2.39. The molecule has 0 saturated carbocycles. The maximum absolute atomic E-state index is 13.3. The van der Waals surface area contributed by atoms with Gasteiger partial charge in [0.2, 0.25) is 11.9 Å². The predicted octanol–water partition coefficient (Wildman–Crippen LogP) is -0.289. The first-order valence-electron chi connectivity index (χ1n) is 12.5. The van der Waals surface area contributed by atoms with Crippen molar-refractivity contribution in [3.63, 3.8) is 0 Å². The number of nitrogen functional groups attached to an aromatic ring is 2. The van der Waals surface area contributed by atoms with Gasteiger partial charge in [-0.25, -0.2) is 9.55 Å². The smallest absolute Gasteiger partial charge is 0.466 e. The number of carbonyl (C=O) groups excluding carboxylic acids is 2. The van der Waals surface area contributed by atoms with Gasteiger partial charge >= 0.3 is 13.8 Å². The number of aromatic nitrogens is 4. The second-order valence-corrected chi connectivity index (χ2v) is 11.4. The van der Waals surface area contributed by atoms with E-state index in [9.17, 15) is 24.4 Å². The zero-order valence-corrected chi connectivity index (χ0v) is 23.6. The van der Waals surface area contributed by atoms with Crippen LogP contribution in [-0.2, 0) is 43.9 Å². The van der Waals surface area contributed by atoms with Crippen molar-refractivity contribution in [2.24, 2.45) is 5.41 Å². The highest BCUT2D eigenvalue weighted by Crippen LogP contribution is 2.57. The standard InChI is InChI=1S/C22H36N7O10P/c1-5-35-14(31)6-7-25-20(33)17-22(3,4)9-38-40(34,39-17)37-8-13(16(32)12(2)30)36-11-29-10-26-15-18(23)27-21(24)28-19(15)29/h10,12-13,16-17,30,32H,5-9,11H2,1-4H3,(H,25,33)(H4,23,24,27,28)/t12?,13-,16?,17+,40?/m1/s1. The van der Waals surface area contributed by atoms with Gasteiger partial charge in [0.15, 0.2) is 17.6 Å². The highest BCUT2D eigenvalue weighted by molar-refractivity contribution is 7.48. The Labute approximate surface area is 230 Å². The second-order valence-electron chi connectivity index (χ2n) is 9.76. The van der Waals surface area contributed by atoms with E-state index in [2.05, 4.69) is 20.3 Å². The van der Waals surface area contributed by atoms with Crippen molar-refractivity contribution in [1.82, 2.24) is 24.8 Å². The fraction of sp³-hybridized carbons (Fsp3) is 0.682.